The second-order valence-corrected chi connectivity index (χ2v) is 5.85. The van der Waals surface area contributed by atoms with Gasteiger partial charge in [0, 0.05) is 13.1 Å². The Hall–Kier alpha value is -2.96. The van der Waals surface area contributed by atoms with Crippen molar-refractivity contribution in [2.45, 2.75) is 26.9 Å². The van der Waals surface area contributed by atoms with Gasteiger partial charge in [-0.25, -0.2) is 4.98 Å². The zero-order chi connectivity index (χ0) is 16.7. The molecular formula is C17H17N5O2. The molecule has 0 bridgehead atoms. The van der Waals surface area contributed by atoms with Crippen LogP contribution in [-0.2, 0) is 13.1 Å². The van der Waals surface area contributed by atoms with Crippen LogP contribution in [-0.4, -0.2) is 37.1 Å². The normalized spacial score (nSPS) is 13.8. The maximum Gasteiger partial charge on any atom is 0.256 e. The number of fused-ring (bicyclic) bond motifs is 1. The lowest BCUT2D eigenvalue weighted by atomic mass is 10.1. The van der Waals surface area contributed by atoms with Gasteiger partial charge in [0.2, 0.25) is 0 Å². The molecule has 4 rings (SSSR count). The summed E-state index contributed by atoms with van der Waals surface area (Å²) in [5.74, 6) is 2.37. The third-order valence-corrected chi connectivity index (χ3v) is 4.32. The van der Waals surface area contributed by atoms with Crippen molar-refractivity contribution in [3.05, 3.63) is 53.4 Å². The number of rotatable bonds is 2. The van der Waals surface area contributed by atoms with E-state index in [2.05, 4.69) is 19.7 Å². The van der Waals surface area contributed by atoms with E-state index < -0.39 is 0 Å². The summed E-state index contributed by atoms with van der Waals surface area (Å²) in [5, 5.41) is 8.22. The molecule has 0 fully saturated rings. The molecule has 3 aromatic rings. The van der Waals surface area contributed by atoms with Gasteiger partial charge in [0.15, 0.2) is 11.6 Å². The topological polar surface area (TPSA) is 77.0 Å². The standard InChI is InChI=1S/C17H17N5O2/c1-11-13(5-6-14(18-11)15-4-3-9-24-15)17(23)21-7-8-22-12(2)19-20-16(22)10-21/h3-6,9H,7-8,10H2,1-2H3. The van der Waals surface area contributed by atoms with Crippen molar-refractivity contribution in [2.75, 3.05) is 6.54 Å². The average molecular weight is 323 g/mol. The van der Waals surface area contributed by atoms with Crippen molar-refractivity contribution in [3.63, 3.8) is 0 Å². The number of aryl methyl sites for hydroxylation is 2. The highest BCUT2D eigenvalue weighted by Gasteiger charge is 2.25. The molecule has 0 saturated heterocycles. The molecule has 24 heavy (non-hydrogen) atoms. The zero-order valence-corrected chi connectivity index (χ0v) is 13.6. The summed E-state index contributed by atoms with van der Waals surface area (Å²) < 4.78 is 7.41. The van der Waals surface area contributed by atoms with Crippen LogP contribution in [0.2, 0.25) is 0 Å². The number of nitrogens with zero attached hydrogens (tertiary/aromatic N) is 5. The first-order valence-corrected chi connectivity index (χ1v) is 7.83. The number of hydrogen-bond donors (Lipinski definition) is 0. The van der Waals surface area contributed by atoms with E-state index in [1.165, 1.54) is 0 Å². The Bertz CT molecular complexity index is 898. The van der Waals surface area contributed by atoms with Crippen molar-refractivity contribution in [1.82, 2.24) is 24.6 Å². The number of aromatic nitrogens is 4. The third kappa shape index (κ3) is 2.38. The maximum atomic E-state index is 12.8. The van der Waals surface area contributed by atoms with E-state index in [-0.39, 0.29) is 5.91 Å². The van der Waals surface area contributed by atoms with E-state index >= 15 is 0 Å². The van der Waals surface area contributed by atoms with Crippen molar-refractivity contribution in [3.8, 4) is 11.5 Å². The number of carbonyl (C=O) groups is 1. The van der Waals surface area contributed by atoms with Crippen molar-refractivity contribution in [1.29, 1.82) is 0 Å². The summed E-state index contributed by atoms with van der Waals surface area (Å²) in [7, 11) is 0. The number of amides is 1. The maximum absolute atomic E-state index is 12.8. The molecule has 0 saturated carbocycles. The summed E-state index contributed by atoms with van der Waals surface area (Å²) in [6.07, 6.45) is 1.61. The Kier molecular flexibility index (Phi) is 3.41. The van der Waals surface area contributed by atoms with Crippen LogP contribution in [0.15, 0.2) is 34.9 Å². The molecule has 0 spiro atoms. The minimum absolute atomic E-state index is 0.0297. The number of hydrogen-bond acceptors (Lipinski definition) is 5. The lowest BCUT2D eigenvalue weighted by molar-refractivity contribution is 0.0705. The summed E-state index contributed by atoms with van der Waals surface area (Å²) in [6, 6.07) is 7.29. The number of carbonyl (C=O) groups excluding carboxylic acids is 1. The molecule has 1 amide bonds. The Morgan fingerprint density at radius 2 is 2.04 bits per heavy atom. The van der Waals surface area contributed by atoms with Crippen LogP contribution in [0.5, 0.6) is 0 Å². The van der Waals surface area contributed by atoms with Crippen LogP contribution in [0.25, 0.3) is 11.5 Å². The predicted octanol–water partition coefficient (Wildman–Crippen LogP) is 2.21. The van der Waals surface area contributed by atoms with Crippen molar-refractivity contribution < 1.29 is 9.21 Å². The molecule has 0 unspecified atom stereocenters. The van der Waals surface area contributed by atoms with Gasteiger partial charge in [0.25, 0.3) is 5.91 Å². The first kappa shape index (κ1) is 14.6. The van der Waals surface area contributed by atoms with Crippen LogP contribution in [0.1, 0.15) is 27.7 Å². The average Bonchev–Trinajstić information content (AvgIpc) is 3.24. The smallest absolute Gasteiger partial charge is 0.256 e. The highest BCUT2D eigenvalue weighted by Crippen LogP contribution is 2.21. The summed E-state index contributed by atoms with van der Waals surface area (Å²) in [5.41, 5.74) is 2.02. The number of furan rings is 1. The van der Waals surface area contributed by atoms with Crippen LogP contribution in [0.3, 0.4) is 0 Å². The first-order valence-electron chi connectivity index (χ1n) is 7.83. The minimum Gasteiger partial charge on any atom is -0.463 e. The van der Waals surface area contributed by atoms with E-state index in [4.69, 9.17) is 4.42 Å². The highest BCUT2D eigenvalue weighted by molar-refractivity contribution is 5.95. The largest absolute Gasteiger partial charge is 0.463 e. The lowest BCUT2D eigenvalue weighted by Gasteiger charge is -2.28. The molecule has 0 radical (unpaired) electrons. The quantitative estimate of drug-likeness (QED) is 0.722. The van der Waals surface area contributed by atoms with Crippen LogP contribution < -0.4 is 0 Å². The first-order chi connectivity index (χ1) is 11.6. The van der Waals surface area contributed by atoms with Crippen LogP contribution >= 0.6 is 0 Å². The van der Waals surface area contributed by atoms with E-state index in [1.54, 1.807) is 11.2 Å². The lowest BCUT2D eigenvalue weighted by Crippen LogP contribution is -2.39. The van der Waals surface area contributed by atoms with Gasteiger partial charge in [-0.05, 0) is 38.1 Å². The minimum atomic E-state index is -0.0297. The van der Waals surface area contributed by atoms with Gasteiger partial charge in [-0.15, -0.1) is 10.2 Å². The van der Waals surface area contributed by atoms with Gasteiger partial charge in [-0.3, -0.25) is 4.79 Å². The summed E-state index contributed by atoms with van der Waals surface area (Å²) in [4.78, 5) is 19.1. The second-order valence-electron chi connectivity index (χ2n) is 5.85. The van der Waals surface area contributed by atoms with Gasteiger partial charge in [0.05, 0.1) is 24.1 Å². The van der Waals surface area contributed by atoms with E-state index in [0.717, 1.165) is 23.9 Å². The number of pyridine rings is 1. The Morgan fingerprint density at radius 3 is 2.79 bits per heavy atom. The fourth-order valence-electron chi connectivity index (χ4n) is 3.00. The van der Waals surface area contributed by atoms with Gasteiger partial charge in [0.1, 0.15) is 11.5 Å². The molecule has 1 aliphatic rings. The van der Waals surface area contributed by atoms with Gasteiger partial charge < -0.3 is 13.9 Å². The zero-order valence-electron chi connectivity index (χ0n) is 13.6. The van der Waals surface area contributed by atoms with Gasteiger partial charge in [-0.2, -0.15) is 0 Å². The van der Waals surface area contributed by atoms with Crippen LogP contribution in [0, 0.1) is 13.8 Å². The Labute approximate surface area is 138 Å². The monoisotopic (exact) mass is 323 g/mol. The van der Waals surface area contributed by atoms with Crippen molar-refractivity contribution in [2.24, 2.45) is 0 Å². The summed E-state index contributed by atoms with van der Waals surface area (Å²) in [6.45, 7) is 5.60. The Balaban J connectivity index is 1.59. The fraction of sp³-hybridized carbons (Fsp3) is 0.294. The molecule has 0 aliphatic carbocycles. The fourth-order valence-corrected chi connectivity index (χ4v) is 3.00. The van der Waals surface area contributed by atoms with E-state index in [9.17, 15) is 4.79 Å². The molecule has 0 N–H and O–H groups in total. The van der Waals surface area contributed by atoms with Gasteiger partial charge >= 0.3 is 0 Å². The molecule has 122 valence electrons. The van der Waals surface area contributed by atoms with Gasteiger partial charge in [-0.1, -0.05) is 0 Å². The molecule has 4 heterocycles. The third-order valence-electron chi connectivity index (χ3n) is 4.32. The molecule has 0 aromatic carbocycles. The second kappa shape index (κ2) is 5.59. The molecule has 3 aromatic heterocycles. The highest BCUT2D eigenvalue weighted by atomic mass is 16.3. The van der Waals surface area contributed by atoms with Crippen LogP contribution in [0.4, 0.5) is 0 Å². The predicted molar refractivity (Wildman–Crippen MR) is 86.2 cm³/mol. The Morgan fingerprint density at radius 1 is 1.17 bits per heavy atom. The molecule has 1 aliphatic heterocycles. The van der Waals surface area contributed by atoms with E-state index in [1.807, 2.05) is 38.1 Å². The molecule has 7 nitrogen and oxygen atoms in total. The molecular weight excluding hydrogens is 306 g/mol. The van der Waals surface area contributed by atoms with E-state index in [0.29, 0.717) is 30.1 Å². The summed E-state index contributed by atoms with van der Waals surface area (Å²) >= 11 is 0. The molecule has 7 heteroatoms. The van der Waals surface area contributed by atoms with Crippen molar-refractivity contribution >= 4 is 5.91 Å². The SMILES string of the molecule is Cc1nc(-c2ccco2)ccc1C(=O)N1CCn2c(C)nnc2C1. The molecule has 0 atom stereocenters.